The van der Waals surface area contributed by atoms with E-state index >= 15 is 0 Å². The van der Waals surface area contributed by atoms with Gasteiger partial charge in [-0.3, -0.25) is 4.98 Å². The first-order valence-electron chi connectivity index (χ1n) is 8.51. The summed E-state index contributed by atoms with van der Waals surface area (Å²) in [5, 5.41) is 0. The fraction of sp³-hybridized carbons (Fsp3) is 0.400. The second kappa shape index (κ2) is 7.31. The minimum Gasteiger partial charge on any atom is -0.480 e. The molecule has 0 saturated carbocycles. The molecule has 0 radical (unpaired) electrons. The lowest BCUT2D eigenvalue weighted by atomic mass is 9.90. The van der Waals surface area contributed by atoms with Gasteiger partial charge in [-0.1, -0.05) is 18.6 Å². The molecule has 5 heteroatoms. The number of hydrogen-bond acceptors (Lipinski definition) is 4. The summed E-state index contributed by atoms with van der Waals surface area (Å²) < 4.78 is 19.1. The summed E-state index contributed by atoms with van der Waals surface area (Å²) in [5.41, 5.74) is 5.57. The number of halogens is 1. The zero-order valence-electron chi connectivity index (χ0n) is 15.2. The van der Waals surface area contributed by atoms with Crippen molar-refractivity contribution in [2.45, 2.75) is 25.7 Å². The first-order valence-corrected chi connectivity index (χ1v) is 8.51. The van der Waals surface area contributed by atoms with Crippen LogP contribution in [-0.4, -0.2) is 42.6 Å². The first-order chi connectivity index (χ1) is 12.0. The summed E-state index contributed by atoms with van der Waals surface area (Å²) in [6, 6.07) is 5.08. The fourth-order valence-corrected chi connectivity index (χ4v) is 3.53. The largest absolute Gasteiger partial charge is 0.480 e. The van der Waals surface area contributed by atoms with Gasteiger partial charge in [-0.05, 0) is 55.8 Å². The molecule has 1 aliphatic carbocycles. The van der Waals surface area contributed by atoms with Gasteiger partial charge in [-0.15, -0.1) is 0 Å². The maximum absolute atomic E-state index is 13.7. The Morgan fingerprint density at radius 1 is 1.24 bits per heavy atom. The number of aromatic nitrogens is 2. The molecule has 1 aromatic carbocycles. The molecule has 0 spiro atoms. The highest BCUT2D eigenvalue weighted by atomic mass is 19.1. The topological polar surface area (TPSA) is 38.3 Å². The lowest BCUT2D eigenvalue weighted by Crippen LogP contribution is -2.14. The molecule has 0 fully saturated rings. The zero-order chi connectivity index (χ0) is 18.0. The van der Waals surface area contributed by atoms with Crippen molar-refractivity contribution in [2.75, 3.05) is 27.7 Å². The predicted octanol–water partition coefficient (Wildman–Crippen LogP) is 3.69. The first kappa shape index (κ1) is 17.5. The molecule has 0 bridgehead atoms. The van der Waals surface area contributed by atoms with Crippen molar-refractivity contribution in [3.63, 3.8) is 0 Å². The van der Waals surface area contributed by atoms with E-state index in [1.165, 1.54) is 17.2 Å². The molecule has 1 heterocycles. The highest BCUT2D eigenvalue weighted by Gasteiger charge is 2.29. The van der Waals surface area contributed by atoms with E-state index in [0.29, 0.717) is 5.88 Å². The third kappa shape index (κ3) is 3.56. The summed E-state index contributed by atoms with van der Waals surface area (Å²) in [6.07, 6.45) is 5.07. The van der Waals surface area contributed by atoms with Crippen LogP contribution in [0.4, 0.5) is 4.39 Å². The number of benzene rings is 1. The predicted molar refractivity (Wildman–Crippen MR) is 97.2 cm³/mol. The normalized spacial score (nSPS) is 14.8. The van der Waals surface area contributed by atoms with Gasteiger partial charge in [0.15, 0.2) is 0 Å². The monoisotopic (exact) mass is 341 g/mol. The third-order valence-corrected chi connectivity index (χ3v) is 4.73. The van der Waals surface area contributed by atoms with Gasteiger partial charge >= 0.3 is 0 Å². The van der Waals surface area contributed by atoms with Crippen LogP contribution in [0.5, 0.6) is 5.88 Å². The van der Waals surface area contributed by atoms with Crippen molar-refractivity contribution in [3.05, 3.63) is 58.8 Å². The highest BCUT2D eigenvalue weighted by molar-refractivity contribution is 5.80. The van der Waals surface area contributed by atoms with Crippen molar-refractivity contribution in [2.24, 2.45) is 0 Å². The molecular formula is C20H24FN3O. The number of methoxy groups -OCH3 is 1. The minimum absolute atomic E-state index is 0.0347. The van der Waals surface area contributed by atoms with Crippen LogP contribution in [-0.2, 0) is 6.42 Å². The van der Waals surface area contributed by atoms with Gasteiger partial charge < -0.3 is 9.64 Å². The maximum atomic E-state index is 13.7. The molecule has 1 atom stereocenters. The Bertz CT molecular complexity index is 801. The summed E-state index contributed by atoms with van der Waals surface area (Å²) in [7, 11) is 5.74. The molecule has 1 aromatic heterocycles. The van der Waals surface area contributed by atoms with Gasteiger partial charge in [-0.25, -0.2) is 9.37 Å². The molecule has 1 aliphatic rings. The van der Waals surface area contributed by atoms with Gasteiger partial charge in [0.2, 0.25) is 5.88 Å². The molecule has 3 rings (SSSR count). The van der Waals surface area contributed by atoms with Gasteiger partial charge in [0.25, 0.3) is 0 Å². The smallest absolute Gasteiger partial charge is 0.235 e. The SMILES string of the molecule is COc1nccnc1C(C)C1=C(CCN(C)C)Cc2cc(F)ccc21. The standard InChI is InChI=1S/C20H24FN3O/c1-13(19-20(25-4)23-9-8-22-19)18-14(7-10-24(2)3)11-15-12-16(21)5-6-17(15)18/h5-6,8-9,12-13H,7,10-11H2,1-4H3. The van der Waals surface area contributed by atoms with Crippen LogP contribution in [0.3, 0.4) is 0 Å². The molecular weight excluding hydrogens is 317 g/mol. The second-order valence-electron chi connectivity index (χ2n) is 6.72. The van der Waals surface area contributed by atoms with Crippen LogP contribution in [0.15, 0.2) is 36.2 Å². The zero-order valence-corrected chi connectivity index (χ0v) is 15.2. The van der Waals surface area contributed by atoms with Crippen molar-refractivity contribution in [3.8, 4) is 5.88 Å². The summed E-state index contributed by atoms with van der Waals surface area (Å²) >= 11 is 0. The molecule has 4 nitrogen and oxygen atoms in total. The van der Waals surface area contributed by atoms with Crippen molar-refractivity contribution < 1.29 is 9.13 Å². The Balaban J connectivity index is 2.05. The van der Waals surface area contributed by atoms with Crippen LogP contribution >= 0.6 is 0 Å². The van der Waals surface area contributed by atoms with Gasteiger partial charge in [0.1, 0.15) is 11.5 Å². The van der Waals surface area contributed by atoms with Gasteiger partial charge in [0.05, 0.1) is 7.11 Å². The van der Waals surface area contributed by atoms with E-state index in [9.17, 15) is 4.39 Å². The highest BCUT2D eigenvalue weighted by Crippen LogP contribution is 2.44. The Kier molecular flexibility index (Phi) is 5.13. The number of rotatable bonds is 6. The summed E-state index contributed by atoms with van der Waals surface area (Å²) in [5.74, 6) is 0.397. The second-order valence-corrected chi connectivity index (χ2v) is 6.72. The Morgan fingerprint density at radius 2 is 2.00 bits per heavy atom. The van der Waals surface area contributed by atoms with E-state index in [1.54, 1.807) is 25.6 Å². The van der Waals surface area contributed by atoms with E-state index in [-0.39, 0.29) is 11.7 Å². The van der Waals surface area contributed by atoms with Gasteiger partial charge in [0, 0.05) is 24.9 Å². The number of fused-ring (bicyclic) bond motifs is 1. The van der Waals surface area contributed by atoms with E-state index in [1.807, 2.05) is 6.07 Å². The number of ether oxygens (including phenoxy) is 1. The van der Waals surface area contributed by atoms with E-state index in [2.05, 4.69) is 35.9 Å². The van der Waals surface area contributed by atoms with Crippen LogP contribution in [0, 0.1) is 5.82 Å². The molecule has 132 valence electrons. The Hall–Kier alpha value is -2.27. The summed E-state index contributed by atoms with van der Waals surface area (Å²) in [6.45, 7) is 3.08. The molecule has 0 N–H and O–H groups in total. The molecule has 1 unspecified atom stereocenters. The maximum Gasteiger partial charge on any atom is 0.235 e. The average Bonchev–Trinajstić information content (AvgIpc) is 2.96. The molecule has 25 heavy (non-hydrogen) atoms. The van der Waals surface area contributed by atoms with E-state index < -0.39 is 0 Å². The van der Waals surface area contributed by atoms with Crippen molar-refractivity contribution in [1.29, 1.82) is 0 Å². The Labute approximate surface area is 148 Å². The van der Waals surface area contributed by atoms with Crippen LogP contribution < -0.4 is 4.74 Å². The van der Waals surface area contributed by atoms with Crippen molar-refractivity contribution >= 4 is 5.57 Å². The van der Waals surface area contributed by atoms with E-state index in [0.717, 1.165) is 36.2 Å². The van der Waals surface area contributed by atoms with E-state index in [4.69, 9.17) is 4.74 Å². The molecule has 0 aliphatic heterocycles. The van der Waals surface area contributed by atoms with Crippen LogP contribution in [0.25, 0.3) is 5.57 Å². The lowest BCUT2D eigenvalue weighted by Gasteiger charge is -2.19. The molecule has 0 amide bonds. The third-order valence-electron chi connectivity index (χ3n) is 4.73. The van der Waals surface area contributed by atoms with Gasteiger partial charge in [-0.2, -0.15) is 0 Å². The quantitative estimate of drug-likeness (QED) is 0.803. The minimum atomic E-state index is -0.184. The number of allylic oxidation sites excluding steroid dienone is 1. The molecule has 2 aromatic rings. The number of nitrogens with zero attached hydrogens (tertiary/aromatic N) is 3. The molecule has 0 saturated heterocycles. The van der Waals surface area contributed by atoms with Crippen LogP contribution in [0.2, 0.25) is 0 Å². The fourth-order valence-electron chi connectivity index (χ4n) is 3.53. The number of hydrogen-bond donors (Lipinski definition) is 0. The summed E-state index contributed by atoms with van der Waals surface area (Å²) in [4.78, 5) is 11.0. The Morgan fingerprint density at radius 3 is 2.72 bits per heavy atom. The average molecular weight is 341 g/mol. The van der Waals surface area contributed by atoms with Crippen molar-refractivity contribution in [1.82, 2.24) is 14.9 Å². The lowest BCUT2D eigenvalue weighted by molar-refractivity contribution is 0.388. The van der Waals surface area contributed by atoms with Crippen LogP contribution in [0.1, 0.15) is 36.1 Å².